The molecule has 0 radical (unpaired) electrons. The molecule has 1 rings (SSSR count). The summed E-state index contributed by atoms with van der Waals surface area (Å²) in [5, 5.41) is 2.99. The third-order valence-electron chi connectivity index (χ3n) is 2.84. The van der Waals surface area contributed by atoms with E-state index in [9.17, 15) is 4.79 Å². The number of nitrogens with zero attached hydrogens (tertiary/aromatic N) is 2. The smallest absolute Gasteiger partial charge is 0.306 e. The highest BCUT2D eigenvalue weighted by molar-refractivity contribution is 7.13. The number of aryl methyl sites for hydroxylation is 1. The van der Waals surface area contributed by atoms with Crippen LogP contribution in [-0.2, 0) is 20.7 Å². The summed E-state index contributed by atoms with van der Waals surface area (Å²) in [7, 11) is 1.70. The fourth-order valence-corrected chi connectivity index (χ4v) is 2.79. The normalized spacial score (nSPS) is 10.8. The van der Waals surface area contributed by atoms with E-state index < -0.39 is 0 Å². The second kappa shape index (κ2) is 8.92. The van der Waals surface area contributed by atoms with Crippen LogP contribution in [0.5, 0.6) is 0 Å². The van der Waals surface area contributed by atoms with Crippen LogP contribution in [0.15, 0.2) is 5.38 Å². The zero-order valence-corrected chi connectivity index (χ0v) is 13.5. The SMILES string of the molecule is CCOC(=O)CCc1csc(N(CCOC)C(C)C)n1. The van der Waals surface area contributed by atoms with Crippen LogP contribution < -0.4 is 4.90 Å². The molecular weight excluding hydrogens is 276 g/mol. The van der Waals surface area contributed by atoms with Gasteiger partial charge in [-0.3, -0.25) is 4.79 Å². The van der Waals surface area contributed by atoms with E-state index in [0.717, 1.165) is 17.4 Å². The van der Waals surface area contributed by atoms with Crippen molar-refractivity contribution in [2.75, 3.05) is 31.8 Å². The number of rotatable bonds is 9. The van der Waals surface area contributed by atoms with Gasteiger partial charge in [0.1, 0.15) is 0 Å². The van der Waals surface area contributed by atoms with Crippen molar-refractivity contribution in [2.24, 2.45) is 0 Å². The van der Waals surface area contributed by atoms with E-state index in [-0.39, 0.29) is 5.97 Å². The van der Waals surface area contributed by atoms with Crippen molar-refractivity contribution in [1.82, 2.24) is 4.98 Å². The Morgan fingerprint density at radius 2 is 2.25 bits per heavy atom. The van der Waals surface area contributed by atoms with Gasteiger partial charge in [-0.2, -0.15) is 0 Å². The maximum Gasteiger partial charge on any atom is 0.306 e. The first-order valence-electron chi connectivity index (χ1n) is 6.94. The fourth-order valence-electron chi connectivity index (χ4n) is 1.77. The van der Waals surface area contributed by atoms with Gasteiger partial charge >= 0.3 is 5.97 Å². The maximum absolute atomic E-state index is 11.3. The highest BCUT2D eigenvalue weighted by Crippen LogP contribution is 2.23. The van der Waals surface area contributed by atoms with Gasteiger partial charge in [0, 0.05) is 31.5 Å². The number of ether oxygens (including phenoxy) is 2. The monoisotopic (exact) mass is 300 g/mol. The molecule has 0 bridgehead atoms. The van der Waals surface area contributed by atoms with Crippen LogP contribution in [-0.4, -0.2) is 43.9 Å². The van der Waals surface area contributed by atoms with Gasteiger partial charge in [0.15, 0.2) is 5.13 Å². The summed E-state index contributed by atoms with van der Waals surface area (Å²) in [4.78, 5) is 18.1. The third-order valence-corrected chi connectivity index (χ3v) is 3.76. The quantitative estimate of drug-likeness (QED) is 0.656. The topological polar surface area (TPSA) is 51.7 Å². The van der Waals surface area contributed by atoms with Gasteiger partial charge in [0.2, 0.25) is 0 Å². The van der Waals surface area contributed by atoms with Crippen LogP contribution in [0.1, 0.15) is 32.9 Å². The van der Waals surface area contributed by atoms with Gasteiger partial charge in [0.05, 0.1) is 25.3 Å². The van der Waals surface area contributed by atoms with E-state index in [1.54, 1.807) is 18.4 Å². The molecule has 0 N–H and O–H groups in total. The van der Waals surface area contributed by atoms with E-state index in [4.69, 9.17) is 9.47 Å². The van der Waals surface area contributed by atoms with Gasteiger partial charge in [-0.05, 0) is 20.8 Å². The summed E-state index contributed by atoms with van der Waals surface area (Å²) in [6.45, 7) is 8.01. The lowest BCUT2D eigenvalue weighted by molar-refractivity contribution is -0.143. The van der Waals surface area contributed by atoms with Crippen molar-refractivity contribution < 1.29 is 14.3 Å². The highest BCUT2D eigenvalue weighted by atomic mass is 32.1. The lowest BCUT2D eigenvalue weighted by Gasteiger charge is -2.25. The Morgan fingerprint density at radius 1 is 1.50 bits per heavy atom. The number of thiazole rings is 1. The summed E-state index contributed by atoms with van der Waals surface area (Å²) < 4.78 is 10.0. The molecule has 5 nitrogen and oxygen atoms in total. The molecule has 1 aromatic rings. The minimum absolute atomic E-state index is 0.165. The van der Waals surface area contributed by atoms with Crippen molar-refractivity contribution in [1.29, 1.82) is 0 Å². The van der Waals surface area contributed by atoms with Gasteiger partial charge in [-0.1, -0.05) is 0 Å². The highest BCUT2D eigenvalue weighted by Gasteiger charge is 2.14. The molecule has 20 heavy (non-hydrogen) atoms. The average Bonchev–Trinajstić information content (AvgIpc) is 2.85. The Morgan fingerprint density at radius 3 is 2.85 bits per heavy atom. The molecule has 1 heterocycles. The molecule has 114 valence electrons. The molecule has 0 aliphatic rings. The molecule has 0 aliphatic carbocycles. The Kier molecular flexibility index (Phi) is 7.54. The van der Waals surface area contributed by atoms with Crippen molar-refractivity contribution in [3.05, 3.63) is 11.1 Å². The van der Waals surface area contributed by atoms with Crippen LogP contribution in [0, 0.1) is 0 Å². The van der Waals surface area contributed by atoms with Crippen LogP contribution in [0.3, 0.4) is 0 Å². The summed E-state index contributed by atoms with van der Waals surface area (Å²) in [5.41, 5.74) is 0.945. The first-order valence-corrected chi connectivity index (χ1v) is 7.82. The van der Waals surface area contributed by atoms with Gasteiger partial charge in [0.25, 0.3) is 0 Å². The second-order valence-electron chi connectivity index (χ2n) is 4.71. The average molecular weight is 300 g/mol. The van der Waals surface area contributed by atoms with E-state index >= 15 is 0 Å². The zero-order chi connectivity index (χ0) is 15.0. The number of hydrogen-bond acceptors (Lipinski definition) is 6. The number of anilines is 1. The van der Waals surface area contributed by atoms with E-state index in [1.807, 2.05) is 12.3 Å². The van der Waals surface area contributed by atoms with Crippen molar-refractivity contribution in [2.45, 2.75) is 39.7 Å². The molecule has 0 atom stereocenters. The summed E-state index contributed by atoms with van der Waals surface area (Å²) in [5.74, 6) is -0.165. The molecule has 1 aromatic heterocycles. The van der Waals surface area contributed by atoms with Gasteiger partial charge < -0.3 is 14.4 Å². The molecule has 0 saturated carbocycles. The Balaban J connectivity index is 2.57. The summed E-state index contributed by atoms with van der Waals surface area (Å²) in [6, 6.07) is 0.370. The van der Waals surface area contributed by atoms with Crippen molar-refractivity contribution in [3.63, 3.8) is 0 Å². The maximum atomic E-state index is 11.3. The summed E-state index contributed by atoms with van der Waals surface area (Å²) >= 11 is 1.61. The Labute approximate surface area is 124 Å². The summed E-state index contributed by atoms with van der Waals surface area (Å²) in [6.07, 6.45) is 1.02. The van der Waals surface area contributed by atoms with Crippen LogP contribution in [0.2, 0.25) is 0 Å². The van der Waals surface area contributed by atoms with E-state index in [2.05, 4.69) is 23.7 Å². The molecule has 0 spiro atoms. The molecule has 6 heteroatoms. The van der Waals surface area contributed by atoms with Crippen molar-refractivity contribution in [3.8, 4) is 0 Å². The predicted octanol–water partition coefficient (Wildman–Crippen LogP) is 2.50. The lowest BCUT2D eigenvalue weighted by atomic mass is 10.2. The number of carbonyl (C=O) groups excluding carboxylic acids is 1. The van der Waals surface area contributed by atoms with Crippen LogP contribution in [0.4, 0.5) is 5.13 Å². The lowest BCUT2D eigenvalue weighted by Crippen LogP contribution is -2.33. The van der Waals surface area contributed by atoms with E-state index in [0.29, 0.717) is 32.1 Å². The number of aromatic nitrogens is 1. The van der Waals surface area contributed by atoms with E-state index in [1.165, 1.54) is 0 Å². The minimum Gasteiger partial charge on any atom is -0.466 e. The zero-order valence-electron chi connectivity index (χ0n) is 12.7. The van der Waals surface area contributed by atoms with Gasteiger partial charge in [-0.15, -0.1) is 11.3 Å². The Hall–Kier alpha value is -1.14. The first kappa shape index (κ1) is 16.9. The molecule has 0 fully saturated rings. The molecule has 0 unspecified atom stereocenters. The number of hydrogen-bond donors (Lipinski definition) is 0. The van der Waals surface area contributed by atoms with Crippen LogP contribution >= 0.6 is 11.3 Å². The molecule has 0 saturated heterocycles. The molecule has 0 aromatic carbocycles. The number of carbonyl (C=O) groups is 1. The fraction of sp³-hybridized carbons (Fsp3) is 0.714. The largest absolute Gasteiger partial charge is 0.466 e. The number of methoxy groups -OCH3 is 1. The standard InChI is InChI=1S/C14H24N2O3S/c1-5-19-13(17)7-6-12-10-20-14(15-12)16(11(2)3)8-9-18-4/h10-11H,5-9H2,1-4H3. The third kappa shape index (κ3) is 5.46. The molecular formula is C14H24N2O3S. The molecule has 0 aliphatic heterocycles. The molecule has 0 amide bonds. The van der Waals surface area contributed by atoms with Crippen LogP contribution in [0.25, 0.3) is 0 Å². The predicted molar refractivity (Wildman–Crippen MR) is 81.4 cm³/mol. The number of esters is 1. The Bertz CT molecular complexity index is 407. The second-order valence-corrected chi connectivity index (χ2v) is 5.54. The van der Waals surface area contributed by atoms with Crippen molar-refractivity contribution >= 4 is 22.4 Å². The van der Waals surface area contributed by atoms with Gasteiger partial charge in [-0.25, -0.2) is 4.98 Å². The minimum atomic E-state index is -0.165. The first-order chi connectivity index (χ1) is 9.58.